The molecule has 2 aromatic rings. The zero-order chi connectivity index (χ0) is 19.6. The number of hydrogen-bond acceptors (Lipinski definition) is 6. The second-order valence-electron chi connectivity index (χ2n) is 5.65. The minimum absolute atomic E-state index is 0.210. The first kappa shape index (κ1) is 19.8. The Bertz CT molecular complexity index is 801. The van der Waals surface area contributed by atoms with Crippen LogP contribution in [0.4, 0.5) is 0 Å². The van der Waals surface area contributed by atoms with Crippen molar-refractivity contribution in [3.63, 3.8) is 0 Å². The molecule has 1 unspecified atom stereocenters. The summed E-state index contributed by atoms with van der Waals surface area (Å²) in [7, 11) is 1.23. The van der Waals surface area contributed by atoms with Gasteiger partial charge in [0.15, 0.2) is 6.61 Å². The van der Waals surface area contributed by atoms with E-state index in [9.17, 15) is 19.2 Å². The SMILES string of the molecule is COC(=O)C(Cc1ccccc1)NC(=O)COC(=O)c1ccc(C=O)cc1. The molecule has 0 aliphatic carbocycles. The fourth-order valence-electron chi connectivity index (χ4n) is 2.33. The third kappa shape index (κ3) is 6.07. The van der Waals surface area contributed by atoms with Gasteiger partial charge in [-0.2, -0.15) is 0 Å². The van der Waals surface area contributed by atoms with Gasteiger partial charge in [0.1, 0.15) is 12.3 Å². The zero-order valence-electron chi connectivity index (χ0n) is 14.7. The Morgan fingerprint density at radius 3 is 2.30 bits per heavy atom. The van der Waals surface area contributed by atoms with Crippen LogP contribution >= 0.6 is 0 Å². The summed E-state index contributed by atoms with van der Waals surface area (Å²) in [6.45, 7) is -0.545. The van der Waals surface area contributed by atoms with Crippen LogP contribution in [0.25, 0.3) is 0 Å². The maximum atomic E-state index is 12.1. The molecule has 0 bridgehead atoms. The predicted octanol–water partition coefficient (Wildman–Crippen LogP) is 1.56. The van der Waals surface area contributed by atoms with Crippen molar-refractivity contribution < 1.29 is 28.7 Å². The molecular weight excluding hydrogens is 350 g/mol. The van der Waals surface area contributed by atoms with E-state index in [-0.39, 0.29) is 12.0 Å². The Balaban J connectivity index is 1.91. The number of rotatable bonds is 8. The van der Waals surface area contributed by atoms with Crippen molar-refractivity contribution in [2.24, 2.45) is 0 Å². The molecule has 0 fully saturated rings. The number of aldehydes is 1. The molecule has 0 aliphatic rings. The summed E-state index contributed by atoms with van der Waals surface area (Å²) in [5.41, 5.74) is 1.48. The van der Waals surface area contributed by atoms with E-state index >= 15 is 0 Å². The third-order valence-electron chi connectivity index (χ3n) is 3.72. The molecule has 7 heteroatoms. The maximum absolute atomic E-state index is 12.1. The average molecular weight is 369 g/mol. The highest BCUT2D eigenvalue weighted by Gasteiger charge is 2.22. The van der Waals surface area contributed by atoms with Crippen LogP contribution in [0.15, 0.2) is 54.6 Å². The van der Waals surface area contributed by atoms with Crippen LogP contribution in [-0.4, -0.2) is 43.9 Å². The van der Waals surface area contributed by atoms with Gasteiger partial charge in [0.25, 0.3) is 5.91 Å². The number of methoxy groups -OCH3 is 1. The summed E-state index contributed by atoms with van der Waals surface area (Å²) >= 11 is 0. The highest BCUT2D eigenvalue weighted by atomic mass is 16.5. The van der Waals surface area contributed by atoms with Crippen LogP contribution in [0.1, 0.15) is 26.3 Å². The normalized spacial score (nSPS) is 11.1. The molecule has 0 radical (unpaired) electrons. The Labute approximate surface area is 156 Å². The van der Waals surface area contributed by atoms with E-state index in [0.717, 1.165) is 5.56 Å². The van der Waals surface area contributed by atoms with E-state index in [1.807, 2.05) is 30.3 Å². The second-order valence-corrected chi connectivity index (χ2v) is 5.65. The Kier molecular flexibility index (Phi) is 7.25. The molecule has 2 aromatic carbocycles. The number of esters is 2. The first-order chi connectivity index (χ1) is 13.0. The average Bonchev–Trinajstić information content (AvgIpc) is 2.71. The minimum atomic E-state index is -0.893. The van der Waals surface area contributed by atoms with Crippen LogP contribution < -0.4 is 5.32 Å². The second kappa shape index (κ2) is 9.86. The van der Waals surface area contributed by atoms with Gasteiger partial charge in [-0.1, -0.05) is 42.5 Å². The van der Waals surface area contributed by atoms with Gasteiger partial charge in [-0.3, -0.25) is 9.59 Å². The fraction of sp³-hybridized carbons (Fsp3) is 0.200. The summed E-state index contributed by atoms with van der Waals surface area (Å²) in [5, 5.41) is 2.50. The molecule has 2 rings (SSSR count). The summed E-state index contributed by atoms with van der Waals surface area (Å²) < 4.78 is 9.65. The molecular formula is C20H19NO6. The van der Waals surface area contributed by atoms with E-state index in [4.69, 9.17) is 9.47 Å². The smallest absolute Gasteiger partial charge is 0.338 e. The molecule has 7 nitrogen and oxygen atoms in total. The summed E-state index contributed by atoms with van der Waals surface area (Å²) in [4.78, 5) is 46.5. The number of nitrogens with one attached hydrogen (secondary N) is 1. The molecule has 1 amide bonds. The van der Waals surface area contributed by atoms with Crippen LogP contribution in [-0.2, 0) is 25.5 Å². The molecule has 0 spiro atoms. The van der Waals surface area contributed by atoms with Crippen molar-refractivity contribution in [2.45, 2.75) is 12.5 Å². The Morgan fingerprint density at radius 2 is 1.70 bits per heavy atom. The van der Waals surface area contributed by atoms with Gasteiger partial charge in [-0.05, 0) is 17.7 Å². The number of amides is 1. The van der Waals surface area contributed by atoms with E-state index in [1.165, 1.54) is 31.4 Å². The lowest BCUT2D eigenvalue weighted by Crippen LogP contribution is -2.44. The highest BCUT2D eigenvalue weighted by molar-refractivity contribution is 5.92. The molecule has 0 saturated carbocycles. The van der Waals surface area contributed by atoms with Crippen molar-refractivity contribution in [1.29, 1.82) is 0 Å². The Morgan fingerprint density at radius 1 is 1.04 bits per heavy atom. The number of carbonyl (C=O) groups excluding carboxylic acids is 4. The molecule has 0 aliphatic heterocycles. The van der Waals surface area contributed by atoms with Gasteiger partial charge in [-0.15, -0.1) is 0 Å². The standard InChI is InChI=1S/C20H19NO6/c1-26-20(25)17(11-14-5-3-2-4-6-14)21-18(23)13-27-19(24)16-9-7-15(12-22)8-10-16/h2-10,12,17H,11,13H2,1H3,(H,21,23). The molecule has 0 heterocycles. The van der Waals surface area contributed by atoms with E-state index < -0.39 is 30.5 Å². The van der Waals surface area contributed by atoms with Crippen molar-refractivity contribution in [3.05, 3.63) is 71.3 Å². The van der Waals surface area contributed by atoms with E-state index in [0.29, 0.717) is 11.8 Å². The van der Waals surface area contributed by atoms with E-state index in [1.54, 1.807) is 0 Å². The van der Waals surface area contributed by atoms with Gasteiger partial charge in [0.2, 0.25) is 0 Å². The summed E-state index contributed by atoms with van der Waals surface area (Å²) in [5.74, 6) is -1.93. The topological polar surface area (TPSA) is 98.8 Å². The largest absolute Gasteiger partial charge is 0.467 e. The monoisotopic (exact) mass is 369 g/mol. The van der Waals surface area contributed by atoms with Crippen LogP contribution in [0.5, 0.6) is 0 Å². The van der Waals surface area contributed by atoms with Gasteiger partial charge < -0.3 is 14.8 Å². The van der Waals surface area contributed by atoms with Gasteiger partial charge in [0, 0.05) is 12.0 Å². The van der Waals surface area contributed by atoms with Crippen LogP contribution in [0.2, 0.25) is 0 Å². The maximum Gasteiger partial charge on any atom is 0.338 e. The fourth-order valence-corrected chi connectivity index (χ4v) is 2.33. The summed E-state index contributed by atoms with van der Waals surface area (Å²) in [6, 6.07) is 14.0. The third-order valence-corrected chi connectivity index (χ3v) is 3.72. The predicted molar refractivity (Wildman–Crippen MR) is 96.2 cm³/mol. The van der Waals surface area contributed by atoms with Gasteiger partial charge >= 0.3 is 11.9 Å². The van der Waals surface area contributed by atoms with Gasteiger partial charge in [-0.25, -0.2) is 9.59 Å². The molecule has 27 heavy (non-hydrogen) atoms. The molecule has 1 atom stereocenters. The van der Waals surface area contributed by atoms with Gasteiger partial charge in [0.05, 0.1) is 12.7 Å². The lowest BCUT2D eigenvalue weighted by Gasteiger charge is -2.16. The number of benzene rings is 2. The lowest BCUT2D eigenvalue weighted by atomic mass is 10.1. The van der Waals surface area contributed by atoms with Crippen LogP contribution in [0.3, 0.4) is 0 Å². The molecule has 140 valence electrons. The van der Waals surface area contributed by atoms with Crippen molar-refractivity contribution in [1.82, 2.24) is 5.32 Å². The molecule has 0 aromatic heterocycles. The van der Waals surface area contributed by atoms with Crippen molar-refractivity contribution in [2.75, 3.05) is 13.7 Å². The number of carbonyl (C=O) groups is 4. The summed E-state index contributed by atoms with van der Waals surface area (Å²) in [6.07, 6.45) is 0.905. The first-order valence-corrected chi connectivity index (χ1v) is 8.17. The highest BCUT2D eigenvalue weighted by Crippen LogP contribution is 2.06. The van der Waals surface area contributed by atoms with Crippen molar-refractivity contribution in [3.8, 4) is 0 Å². The Hall–Kier alpha value is -3.48. The molecule has 1 N–H and O–H groups in total. The quantitative estimate of drug-likeness (QED) is 0.560. The minimum Gasteiger partial charge on any atom is -0.467 e. The first-order valence-electron chi connectivity index (χ1n) is 8.17. The van der Waals surface area contributed by atoms with Crippen molar-refractivity contribution >= 4 is 24.1 Å². The van der Waals surface area contributed by atoms with Crippen LogP contribution in [0, 0.1) is 0 Å². The zero-order valence-corrected chi connectivity index (χ0v) is 14.7. The van der Waals surface area contributed by atoms with E-state index in [2.05, 4.69) is 5.32 Å². The number of hydrogen-bond donors (Lipinski definition) is 1. The molecule has 0 saturated heterocycles. The number of ether oxygens (including phenoxy) is 2. The lowest BCUT2D eigenvalue weighted by molar-refractivity contribution is -0.145.